The van der Waals surface area contributed by atoms with Crippen molar-refractivity contribution in [2.75, 3.05) is 32.6 Å². The maximum atomic E-state index is 12.9. The number of nitrogens with zero attached hydrogens (tertiary/aromatic N) is 2. The van der Waals surface area contributed by atoms with Crippen LogP contribution < -0.4 is 10.6 Å². The summed E-state index contributed by atoms with van der Waals surface area (Å²) in [5.74, 6) is -0.246. The van der Waals surface area contributed by atoms with Gasteiger partial charge in [-0.3, -0.25) is 9.63 Å². The van der Waals surface area contributed by atoms with E-state index in [2.05, 4.69) is 10.6 Å². The third kappa shape index (κ3) is 5.60. The van der Waals surface area contributed by atoms with Crippen molar-refractivity contribution < 1.29 is 22.8 Å². The standard InChI is InChI=1S/C21H26N4O5S/c1-24(30-2)31(28,29)19-10-6-7-16(15-19)20(26)25-13-11-18(12-14-25)23-21(27)22-17-8-4-3-5-9-17/h3-10,15,18H,11-14H2,1-2H3,(H2,22,23,27). The lowest BCUT2D eigenvalue weighted by atomic mass is 10.0. The first-order chi connectivity index (χ1) is 14.8. The predicted octanol–water partition coefficient (Wildman–Crippen LogP) is 2.29. The van der Waals surface area contributed by atoms with Gasteiger partial charge in [-0.2, -0.15) is 0 Å². The molecule has 1 heterocycles. The first kappa shape index (κ1) is 22.7. The molecule has 0 radical (unpaired) electrons. The number of hydrogen-bond donors (Lipinski definition) is 2. The molecular formula is C21H26N4O5S. The molecule has 0 spiro atoms. The van der Waals surface area contributed by atoms with Gasteiger partial charge < -0.3 is 15.5 Å². The normalized spacial score (nSPS) is 15.0. The predicted molar refractivity (Wildman–Crippen MR) is 116 cm³/mol. The minimum absolute atomic E-state index is 0.0168. The number of amides is 3. The highest BCUT2D eigenvalue weighted by Crippen LogP contribution is 2.19. The Balaban J connectivity index is 1.57. The van der Waals surface area contributed by atoms with Gasteiger partial charge >= 0.3 is 6.03 Å². The summed E-state index contributed by atoms with van der Waals surface area (Å²) in [5, 5.41) is 5.71. The van der Waals surface area contributed by atoms with Gasteiger partial charge in [0.1, 0.15) is 0 Å². The molecule has 1 aliphatic rings. The number of nitrogens with one attached hydrogen (secondary N) is 2. The summed E-state index contributed by atoms with van der Waals surface area (Å²) in [4.78, 5) is 31.5. The van der Waals surface area contributed by atoms with Crippen LogP contribution in [0.15, 0.2) is 59.5 Å². The SMILES string of the molecule is CON(C)S(=O)(=O)c1cccc(C(=O)N2CCC(NC(=O)Nc3ccccc3)CC2)c1. The topological polar surface area (TPSA) is 108 Å². The molecule has 1 saturated heterocycles. The van der Waals surface area contributed by atoms with Gasteiger partial charge in [-0.25, -0.2) is 13.2 Å². The van der Waals surface area contributed by atoms with E-state index in [9.17, 15) is 18.0 Å². The lowest BCUT2D eigenvalue weighted by molar-refractivity contribution is -0.0258. The number of hydroxylamine groups is 1. The maximum absolute atomic E-state index is 12.9. The number of anilines is 1. The van der Waals surface area contributed by atoms with Crippen LogP contribution in [0.1, 0.15) is 23.2 Å². The fourth-order valence-corrected chi connectivity index (χ4v) is 4.34. The van der Waals surface area contributed by atoms with E-state index >= 15 is 0 Å². The highest BCUT2D eigenvalue weighted by molar-refractivity contribution is 7.89. The molecule has 3 rings (SSSR count). The summed E-state index contributed by atoms with van der Waals surface area (Å²) in [5.41, 5.74) is 1.00. The summed E-state index contributed by atoms with van der Waals surface area (Å²) >= 11 is 0. The molecule has 0 bridgehead atoms. The molecule has 1 fully saturated rings. The molecule has 166 valence electrons. The molecular weight excluding hydrogens is 420 g/mol. The number of para-hydroxylation sites is 1. The highest BCUT2D eigenvalue weighted by Gasteiger charge is 2.26. The van der Waals surface area contributed by atoms with Gasteiger partial charge in [0.25, 0.3) is 15.9 Å². The second-order valence-corrected chi connectivity index (χ2v) is 9.09. The van der Waals surface area contributed by atoms with Crippen LogP contribution in [-0.4, -0.2) is 63.0 Å². The molecule has 2 aromatic rings. The molecule has 0 saturated carbocycles. The second-order valence-electron chi connectivity index (χ2n) is 7.16. The van der Waals surface area contributed by atoms with Gasteiger partial charge in [-0.05, 0) is 43.2 Å². The number of urea groups is 1. The van der Waals surface area contributed by atoms with E-state index in [1.807, 2.05) is 18.2 Å². The first-order valence-electron chi connectivity index (χ1n) is 9.86. The van der Waals surface area contributed by atoms with Crippen LogP contribution in [-0.2, 0) is 14.9 Å². The van der Waals surface area contributed by atoms with Crippen LogP contribution in [0.25, 0.3) is 0 Å². The zero-order chi connectivity index (χ0) is 22.4. The minimum atomic E-state index is -3.84. The molecule has 1 aliphatic heterocycles. The summed E-state index contributed by atoms with van der Waals surface area (Å²) in [6.45, 7) is 0.925. The lowest BCUT2D eigenvalue weighted by Crippen LogP contribution is -2.47. The molecule has 0 unspecified atom stereocenters. The molecule has 0 atom stereocenters. The van der Waals surface area contributed by atoms with E-state index in [4.69, 9.17) is 4.84 Å². The average Bonchev–Trinajstić information content (AvgIpc) is 2.79. The quantitative estimate of drug-likeness (QED) is 0.662. The van der Waals surface area contributed by atoms with Crippen molar-refractivity contribution in [3.8, 4) is 0 Å². The van der Waals surface area contributed by atoms with Gasteiger partial charge in [-0.1, -0.05) is 28.7 Å². The van der Waals surface area contributed by atoms with Crippen LogP contribution in [0.3, 0.4) is 0 Å². The highest BCUT2D eigenvalue weighted by atomic mass is 32.2. The van der Waals surface area contributed by atoms with E-state index in [1.165, 1.54) is 32.4 Å². The van der Waals surface area contributed by atoms with Crippen LogP contribution in [0, 0.1) is 0 Å². The number of piperidine rings is 1. The van der Waals surface area contributed by atoms with Crippen molar-refractivity contribution in [3.05, 3.63) is 60.2 Å². The number of carbonyl (C=O) groups excluding carboxylic acids is 2. The van der Waals surface area contributed by atoms with Gasteiger partial charge in [-0.15, -0.1) is 0 Å². The lowest BCUT2D eigenvalue weighted by Gasteiger charge is -2.32. The number of likely N-dealkylation sites (tertiary alicyclic amines) is 1. The summed E-state index contributed by atoms with van der Waals surface area (Å²) < 4.78 is 25.6. The maximum Gasteiger partial charge on any atom is 0.319 e. The van der Waals surface area contributed by atoms with Gasteiger partial charge in [0.2, 0.25) is 0 Å². The van der Waals surface area contributed by atoms with Crippen molar-refractivity contribution in [3.63, 3.8) is 0 Å². The van der Waals surface area contributed by atoms with Crippen molar-refractivity contribution in [1.29, 1.82) is 0 Å². The van der Waals surface area contributed by atoms with E-state index in [1.54, 1.807) is 23.1 Å². The van der Waals surface area contributed by atoms with Crippen LogP contribution in [0.4, 0.5) is 10.5 Å². The van der Waals surface area contributed by atoms with Gasteiger partial charge in [0.05, 0.1) is 12.0 Å². The van der Waals surface area contributed by atoms with E-state index in [0.29, 0.717) is 37.2 Å². The van der Waals surface area contributed by atoms with Crippen LogP contribution in [0.2, 0.25) is 0 Å². The molecule has 3 amide bonds. The van der Waals surface area contributed by atoms with Crippen LogP contribution >= 0.6 is 0 Å². The van der Waals surface area contributed by atoms with Gasteiger partial charge in [0.15, 0.2) is 0 Å². The zero-order valence-corrected chi connectivity index (χ0v) is 18.3. The molecule has 10 heteroatoms. The zero-order valence-electron chi connectivity index (χ0n) is 17.4. The Kier molecular flexibility index (Phi) is 7.26. The summed E-state index contributed by atoms with van der Waals surface area (Å²) in [6, 6.07) is 14.7. The summed E-state index contributed by atoms with van der Waals surface area (Å²) in [7, 11) is -1.30. The van der Waals surface area contributed by atoms with Crippen molar-refractivity contribution in [2.24, 2.45) is 0 Å². The Morgan fingerprint density at radius 1 is 1.06 bits per heavy atom. The Morgan fingerprint density at radius 3 is 2.39 bits per heavy atom. The van der Waals surface area contributed by atoms with E-state index < -0.39 is 10.0 Å². The fourth-order valence-electron chi connectivity index (χ4n) is 3.32. The molecule has 0 aliphatic carbocycles. The third-order valence-corrected chi connectivity index (χ3v) is 6.80. The Morgan fingerprint density at radius 2 is 1.74 bits per heavy atom. The van der Waals surface area contributed by atoms with Crippen molar-refractivity contribution in [2.45, 2.75) is 23.8 Å². The van der Waals surface area contributed by atoms with Gasteiger partial charge in [0, 0.05) is 37.4 Å². The van der Waals surface area contributed by atoms with Crippen molar-refractivity contribution in [1.82, 2.24) is 14.7 Å². The first-order valence-corrected chi connectivity index (χ1v) is 11.3. The Bertz CT molecular complexity index is 1020. The Hall–Kier alpha value is -2.95. The Labute approximate surface area is 182 Å². The van der Waals surface area contributed by atoms with E-state index in [0.717, 1.165) is 4.47 Å². The number of benzene rings is 2. The largest absolute Gasteiger partial charge is 0.338 e. The molecule has 2 N–H and O–H groups in total. The number of hydrogen-bond acceptors (Lipinski definition) is 5. The van der Waals surface area contributed by atoms with Crippen molar-refractivity contribution >= 4 is 27.6 Å². The molecule has 0 aromatic heterocycles. The average molecular weight is 447 g/mol. The summed E-state index contributed by atoms with van der Waals surface area (Å²) in [6.07, 6.45) is 1.22. The molecule has 31 heavy (non-hydrogen) atoms. The second kappa shape index (κ2) is 9.90. The third-order valence-electron chi connectivity index (χ3n) is 5.12. The molecule has 2 aromatic carbocycles. The number of rotatable bonds is 6. The monoisotopic (exact) mass is 446 g/mol. The van der Waals surface area contributed by atoms with Crippen LogP contribution in [0.5, 0.6) is 0 Å². The number of carbonyl (C=O) groups is 2. The fraction of sp³-hybridized carbons (Fsp3) is 0.333. The van der Waals surface area contributed by atoms with E-state index in [-0.39, 0.29) is 22.9 Å². The smallest absolute Gasteiger partial charge is 0.319 e. The molecule has 9 nitrogen and oxygen atoms in total. The minimum Gasteiger partial charge on any atom is -0.338 e. The number of sulfonamides is 1.